The molecule has 1 fully saturated rings. The Balaban J connectivity index is 1.66. The molecule has 0 aromatic heterocycles. The summed E-state index contributed by atoms with van der Waals surface area (Å²) in [6, 6.07) is 7.46. The molecule has 0 saturated carbocycles. The highest BCUT2D eigenvalue weighted by atomic mass is 32.3. The van der Waals surface area contributed by atoms with Crippen molar-refractivity contribution >= 4 is 40.0 Å². The number of amides is 2. The maximum atomic E-state index is 12.8. The van der Waals surface area contributed by atoms with E-state index >= 15 is 0 Å². The second-order valence-corrected chi connectivity index (χ2v) is 7.67. The van der Waals surface area contributed by atoms with Crippen molar-refractivity contribution in [2.45, 2.75) is 11.4 Å². The van der Waals surface area contributed by atoms with Gasteiger partial charge in [0.15, 0.2) is 18.1 Å². The first-order valence-corrected chi connectivity index (χ1v) is 10.1. The number of hydrogen-bond acceptors (Lipinski definition) is 8. The Labute approximate surface area is 162 Å². The van der Waals surface area contributed by atoms with Gasteiger partial charge in [-0.25, -0.2) is 4.79 Å². The van der Waals surface area contributed by atoms with Crippen LogP contribution in [0, 0.1) is 0 Å². The molecule has 2 aliphatic heterocycles. The van der Waals surface area contributed by atoms with E-state index in [1.807, 2.05) is 0 Å². The second-order valence-electron chi connectivity index (χ2n) is 5.61. The molecule has 10 nitrogen and oxygen atoms in total. The average molecular weight is 432 g/mol. The number of carbonyl (C=O) groups excluding carboxylic acids is 2. The van der Waals surface area contributed by atoms with Gasteiger partial charge in [0.25, 0.3) is 11.8 Å². The minimum atomic E-state index is -5.45. The molecule has 3 rings (SSSR count). The molecular weight excluding hydrogens is 419 g/mol. The lowest BCUT2D eigenvalue weighted by atomic mass is 10.0. The highest BCUT2D eigenvalue weighted by molar-refractivity contribution is 8.00. The van der Waals surface area contributed by atoms with E-state index < -0.39 is 51.2 Å². The zero-order chi connectivity index (χ0) is 20.5. The number of carboxylic acid groups (broad SMARTS) is 1. The van der Waals surface area contributed by atoms with Crippen LogP contribution in [0.15, 0.2) is 41.8 Å². The van der Waals surface area contributed by atoms with Gasteiger partial charge in [0.2, 0.25) is 0 Å². The number of thioether (sulfide) groups is 1. The smallest absolute Gasteiger partial charge is 0.484 e. The molecule has 2 amide bonds. The largest absolute Gasteiger partial charge is 0.488 e. The van der Waals surface area contributed by atoms with Crippen molar-refractivity contribution < 1.29 is 40.7 Å². The van der Waals surface area contributed by atoms with Gasteiger partial charge < -0.3 is 19.3 Å². The summed E-state index contributed by atoms with van der Waals surface area (Å²) in [5.41, 5.74) is -0.777. The number of fused-ring (bicyclic) bond motifs is 1. The zero-order valence-corrected chi connectivity index (χ0v) is 15.5. The monoisotopic (exact) mass is 432 g/mol. The highest BCUT2D eigenvalue weighted by Crippen LogP contribution is 2.41. The maximum absolute atomic E-state index is 12.8. The number of rotatable bonds is 7. The third kappa shape index (κ3) is 4.20. The second kappa shape index (κ2) is 7.67. The molecule has 1 saturated heterocycles. The molecule has 1 aromatic rings. The molecule has 28 heavy (non-hydrogen) atoms. The van der Waals surface area contributed by atoms with Gasteiger partial charge in [-0.15, -0.1) is 11.8 Å². The number of benzene rings is 1. The van der Waals surface area contributed by atoms with Gasteiger partial charge in [-0.05, 0) is 12.1 Å². The Morgan fingerprint density at radius 2 is 2.00 bits per heavy atom. The summed E-state index contributed by atoms with van der Waals surface area (Å²) < 4.78 is 43.4. The number of halogens is 1. The van der Waals surface area contributed by atoms with Gasteiger partial charge in [-0.1, -0.05) is 22.1 Å². The lowest BCUT2D eigenvalue weighted by molar-refractivity contribution is -0.151. The normalized spacial score (nSPS) is 21.5. The summed E-state index contributed by atoms with van der Waals surface area (Å²) in [5.74, 6) is -3.61. The van der Waals surface area contributed by atoms with Crippen LogP contribution >= 0.6 is 11.8 Å². The van der Waals surface area contributed by atoms with Gasteiger partial charge >= 0.3 is 16.5 Å². The number of ether oxygens (including phenoxy) is 1. The van der Waals surface area contributed by atoms with Gasteiger partial charge in [0, 0.05) is 0 Å². The number of hydrogen-bond donors (Lipinski definition) is 2. The van der Waals surface area contributed by atoms with Crippen molar-refractivity contribution in [2.75, 3.05) is 12.4 Å². The molecule has 1 aromatic carbocycles. The summed E-state index contributed by atoms with van der Waals surface area (Å²) in [7, 11) is -5.45. The quantitative estimate of drug-likeness (QED) is 0.450. The van der Waals surface area contributed by atoms with Crippen LogP contribution in [0.25, 0.3) is 0 Å². The molecule has 150 valence electrons. The van der Waals surface area contributed by atoms with E-state index in [0.717, 1.165) is 16.7 Å². The molecular formula is C15H13FN2O8S2. The Morgan fingerprint density at radius 3 is 2.61 bits per heavy atom. The van der Waals surface area contributed by atoms with Crippen LogP contribution in [0.5, 0.6) is 5.75 Å². The van der Waals surface area contributed by atoms with Crippen LogP contribution < -0.4 is 10.1 Å². The van der Waals surface area contributed by atoms with Gasteiger partial charge in [0.05, 0.1) is 5.75 Å². The fourth-order valence-corrected chi connectivity index (χ4v) is 4.36. The van der Waals surface area contributed by atoms with Crippen LogP contribution in [0.3, 0.4) is 0 Å². The first kappa shape index (κ1) is 19.9. The Kier molecular flexibility index (Phi) is 5.47. The molecule has 0 spiro atoms. The van der Waals surface area contributed by atoms with E-state index in [1.165, 1.54) is 0 Å². The number of nitrogens with one attached hydrogen (secondary N) is 1. The average Bonchev–Trinajstić information content (AvgIpc) is 2.63. The fraction of sp³-hybridized carbons (Fsp3) is 0.267. The fourth-order valence-electron chi connectivity index (χ4n) is 2.66. The number of para-hydroxylation sites is 1. The van der Waals surface area contributed by atoms with E-state index in [4.69, 9.17) is 4.74 Å². The standard InChI is InChI=1S/C15H13FN2O8S2/c16-28(23,24)26-9-7-27-14-11(13(20)18(14)12(9)15(21)22)17-10(19)6-25-8-4-2-1-3-5-8/h1-5,11,14H,6-7H2,(H,17,19)(H,21,22). The summed E-state index contributed by atoms with van der Waals surface area (Å²) in [4.78, 5) is 36.5. The number of β-lactam (4-membered cyclic amide) rings is 1. The summed E-state index contributed by atoms with van der Waals surface area (Å²) in [6.45, 7) is -0.360. The van der Waals surface area contributed by atoms with Gasteiger partial charge in [0.1, 0.15) is 17.2 Å². The van der Waals surface area contributed by atoms with Crippen LogP contribution in [0.1, 0.15) is 0 Å². The van der Waals surface area contributed by atoms with Gasteiger partial charge in [-0.2, -0.15) is 8.42 Å². The van der Waals surface area contributed by atoms with Crippen LogP contribution in [0.4, 0.5) is 3.89 Å². The molecule has 0 bridgehead atoms. The predicted molar refractivity (Wildman–Crippen MR) is 92.7 cm³/mol. The molecule has 2 unspecified atom stereocenters. The highest BCUT2D eigenvalue weighted by Gasteiger charge is 2.55. The van der Waals surface area contributed by atoms with Crippen LogP contribution in [0.2, 0.25) is 0 Å². The third-order valence-electron chi connectivity index (χ3n) is 3.77. The van der Waals surface area contributed by atoms with Gasteiger partial charge in [-0.3, -0.25) is 14.5 Å². The van der Waals surface area contributed by atoms with E-state index in [1.54, 1.807) is 30.3 Å². The lowest BCUT2D eigenvalue weighted by Gasteiger charge is -2.48. The Hall–Kier alpha value is -2.80. The molecule has 2 N–H and O–H groups in total. The van der Waals surface area contributed by atoms with Crippen molar-refractivity contribution in [3.8, 4) is 5.75 Å². The lowest BCUT2D eigenvalue weighted by Crippen LogP contribution is -2.70. The Morgan fingerprint density at radius 1 is 1.32 bits per heavy atom. The molecule has 2 atom stereocenters. The van der Waals surface area contributed by atoms with Crippen molar-refractivity contribution in [1.82, 2.24) is 10.2 Å². The number of aliphatic carboxylic acids is 1. The summed E-state index contributed by atoms with van der Waals surface area (Å²) in [5, 5.41) is 10.9. The zero-order valence-electron chi connectivity index (χ0n) is 13.9. The topological polar surface area (TPSA) is 139 Å². The number of nitrogens with zero attached hydrogens (tertiary/aromatic N) is 1. The van der Waals surface area contributed by atoms with Crippen molar-refractivity contribution in [1.29, 1.82) is 0 Å². The third-order valence-corrected chi connectivity index (χ3v) is 5.42. The minimum Gasteiger partial charge on any atom is -0.484 e. The van der Waals surface area contributed by atoms with E-state index in [2.05, 4.69) is 9.50 Å². The van der Waals surface area contributed by atoms with E-state index in [9.17, 15) is 31.8 Å². The Bertz CT molecular complexity index is 950. The number of carbonyl (C=O) groups is 3. The summed E-state index contributed by atoms with van der Waals surface area (Å²) >= 11 is 0.923. The summed E-state index contributed by atoms with van der Waals surface area (Å²) in [6.07, 6.45) is 0. The first-order chi connectivity index (χ1) is 13.2. The molecule has 2 aliphatic rings. The first-order valence-electron chi connectivity index (χ1n) is 7.70. The van der Waals surface area contributed by atoms with Crippen molar-refractivity contribution in [2.24, 2.45) is 0 Å². The number of carboxylic acids is 1. The minimum absolute atomic E-state index is 0.313. The molecule has 13 heteroatoms. The van der Waals surface area contributed by atoms with E-state index in [-0.39, 0.29) is 12.4 Å². The van der Waals surface area contributed by atoms with E-state index in [0.29, 0.717) is 5.75 Å². The molecule has 0 aliphatic carbocycles. The van der Waals surface area contributed by atoms with Crippen molar-refractivity contribution in [3.05, 3.63) is 41.8 Å². The maximum Gasteiger partial charge on any atom is 0.488 e. The van der Waals surface area contributed by atoms with Crippen LogP contribution in [-0.2, 0) is 29.1 Å². The SMILES string of the molecule is O=C(COc1ccccc1)NC1C(=O)N2C(C(=O)O)=C(OS(=O)(=O)F)CSC12. The van der Waals surface area contributed by atoms with Crippen molar-refractivity contribution in [3.63, 3.8) is 0 Å². The molecule has 2 heterocycles. The predicted octanol–water partition coefficient (Wildman–Crippen LogP) is -0.00760. The van der Waals surface area contributed by atoms with Crippen LogP contribution in [-0.4, -0.2) is 60.0 Å². The molecule has 0 radical (unpaired) electrons.